The Morgan fingerprint density at radius 1 is 0.719 bits per heavy atom. The first-order valence-corrected chi connectivity index (χ1v) is 9.91. The molecule has 3 aromatic rings. The molecule has 0 aliphatic rings. The van der Waals surface area contributed by atoms with E-state index in [2.05, 4.69) is 10.6 Å². The fourth-order valence-electron chi connectivity index (χ4n) is 2.70. The van der Waals surface area contributed by atoms with Crippen LogP contribution >= 0.6 is 0 Å². The molecule has 8 heteroatoms. The highest BCUT2D eigenvalue weighted by Gasteiger charge is 2.19. The number of para-hydroxylation sites is 4. The number of ether oxygens (including phenoxy) is 4. The fourth-order valence-corrected chi connectivity index (χ4v) is 2.70. The topological polar surface area (TPSA) is 95.1 Å². The zero-order valence-electron chi connectivity index (χ0n) is 17.5. The van der Waals surface area contributed by atoms with Crippen LogP contribution in [0.2, 0.25) is 0 Å². The van der Waals surface area contributed by atoms with Gasteiger partial charge in [-0.1, -0.05) is 48.5 Å². The number of carbonyl (C=O) groups excluding carboxylic acids is 2. The summed E-state index contributed by atoms with van der Waals surface area (Å²) >= 11 is 0. The van der Waals surface area contributed by atoms with Crippen LogP contribution in [0, 0.1) is 0 Å². The van der Waals surface area contributed by atoms with Gasteiger partial charge in [0.1, 0.15) is 13.2 Å². The van der Waals surface area contributed by atoms with Gasteiger partial charge in [-0.25, -0.2) is 9.59 Å². The molecule has 0 bridgehead atoms. The molecule has 0 aromatic heterocycles. The standard InChI is InChI=1S/C24H24N2O6/c1-29-21-14-8-9-15-22(21)30-16-20(32-24(28)26-19-12-6-3-7-13-19)17-31-23(27)25-18-10-4-2-5-11-18/h2-15,20H,16-17H2,1H3,(H,25,27)(H,26,28)/t20-/m1/s1. The molecule has 0 saturated heterocycles. The third kappa shape index (κ3) is 7.24. The fraction of sp³-hybridized carbons (Fsp3) is 0.167. The summed E-state index contributed by atoms with van der Waals surface area (Å²) in [6.45, 7) is -0.267. The van der Waals surface area contributed by atoms with Gasteiger partial charge in [0.2, 0.25) is 0 Å². The van der Waals surface area contributed by atoms with Crippen LogP contribution in [0.25, 0.3) is 0 Å². The smallest absolute Gasteiger partial charge is 0.412 e. The van der Waals surface area contributed by atoms with Crippen molar-refractivity contribution in [2.45, 2.75) is 6.10 Å². The van der Waals surface area contributed by atoms with Crippen molar-refractivity contribution in [1.82, 2.24) is 0 Å². The number of hydrogen-bond donors (Lipinski definition) is 2. The van der Waals surface area contributed by atoms with E-state index in [4.69, 9.17) is 18.9 Å². The highest BCUT2D eigenvalue weighted by molar-refractivity contribution is 5.85. The molecule has 0 radical (unpaired) electrons. The first kappa shape index (κ1) is 22.5. The summed E-state index contributed by atoms with van der Waals surface area (Å²) in [4.78, 5) is 24.4. The lowest BCUT2D eigenvalue weighted by atomic mass is 10.3. The van der Waals surface area contributed by atoms with Crippen molar-refractivity contribution in [3.63, 3.8) is 0 Å². The molecule has 0 fully saturated rings. The maximum absolute atomic E-state index is 12.3. The van der Waals surface area contributed by atoms with Gasteiger partial charge in [0, 0.05) is 11.4 Å². The molecule has 0 spiro atoms. The Balaban J connectivity index is 1.60. The summed E-state index contributed by atoms with van der Waals surface area (Å²) in [6.07, 6.45) is -2.24. The SMILES string of the molecule is COc1ccccc1OC[C@H](COC(=O)Nc1ccccc1)OC(=O)Nc1ccccc1. The summed E-state index contributed by atoms with van der Waals surface area (Å²) in [5.41, 5.74) is 1.16. The molecule has 0 aliphatic carbocycles. The van der Waals surface area contributed by atoms with Crippen molar-refractivity contribution in [3.05, 3.63) is 84.9 Å². The molecule has 32 heavy (non-hydrogen) atoms. The van der Waals surface area contributed by atoms with E-state index in [9.17, 15) is 9.59 Å². The third-order valence-corrected chi connectivity index (χ3v) is 4.21. The zero-order valence-corrected chi connectivity index (χ0v) is 17.5. The molecule has 0 aliphatic heterocycles. The van der Waals surface area contributed by atoms with Crippen LogP contribution in [0.4, 0.5) is 21.0 Å². The Bertz CT molecular complexity index is 998. The van der Waals surface area contributed by atoms with Crippen molar-refractivity contribution < 1.29 is 28.5 Å². The molecule has 3 rings (SSSR count). The second kappa shape index (κ2) is 11.8. The monoisotopic (exact) mass is 436 g/mol. The first-order chi connectivity index (χ1) is 15.6. The number of anilines is 2. The lowest BCUT2D eigenvalue weighted by Crippen LogP contribution is -2.33. The molecular weight excluding hydrogens is 412 g/mol. The maximum atomic E-state index is 12.3. The first-order valence-electron chi connectivity index (χ1n) is 9.91. The van der Waals surface area contributed by atoms with Crippen LogP contribution in [0.1, 0.15) is 0 Å². The van der Waals surface area contributed by atoms with Gasteiger partial charge in [-0.05, 0) is 36.4 Å². The van der Waals surface area contributed by atoms with Crippen molar-refractivity contribution in [1.29, 1.82) is 0 Å². The van der Waals surface area contributed by atoms with E-state index in [0.29, 0.717) is 22.9 Å². The van der Waals surface area contributed by atoms with Crippen LogP contribution in [0.15, 0.2) is 84.9 Å². The van der Waals surface area contributed by atoms with Crippen molar-refractivity contribution >= 4 is 23.6 Å². The highest BCUT2D eigenvalue weighted by atomic mass is 16.6. The van der Waals surface area contributed by atoms with Crippen LogP contribution in [-0.4, -0.2) is 38.6 Å². The Labute approximate surface area is 186 Å². The molecule has 2 amide bonds. The number of rotatable bonds is 9. The molecule has 8 nitrogen and oxygen atoms in total. The van der Waals surface area contributed by atoms with E-state index in [0.717, 1.165) is 0 Å². The quantitative estimate of drug-likeness (QED) is 0.493. The molecular formula is C24H24N2O6. The van der Waals surface area contributed by atoms with E-state index < -0.39 is 18.3 Å². The lowest BCUT2D eigenvalue weighted by Gasteiger charge is -2.19. The third-order valence-electron chi connectivity index (χ3n) is 4.21. The van der Waals surface area contributed by atoms with Gasteiger partial charge in [-0.3, -0.25) is 10.6 Å². The predicted molar refractivity (Wildman–Crippen MR) is 120 cm³/mol. The molecule has 3 aromatic carbocycles. The molecule has 0 unspecified atom stereocenters. The normalized spacial score (nSPS) is 11.0. The minimum Gasteiger partial charge on any atom is -0.493 e. The maximum Gasteiger partial charge on any atom is 0.412 e. The summed E-state index contributed by atoms with van der Waals surface area (Å²) in [7, 11) is 1.53. The van der Waals surface area contributed by atoms with E-state index in [1.165, 1.54) is 7.11 Å². The lowest BCUT2D eigenvalue weighted by molar-refractivity contribution is 0.0284. The van der Waals surface area contributed by atoms with Crippen LogP contribution < -0.4 is 20.1 Å². The van der Waals surface area contributed by atoms with Crippen molar-refractivity contribution in [2.75, 3.05) is 31.0 Å². The second-order valence-corrected chi connectivity index (χ2v) is 6.57. The molecule has 0 saturated carbocycles. The summed E-state index contributed by atoms with van der Waals surface area (Å²) in [5.74, 6) is 1.00. The molecule has 1 atom stereocenters. The van der Waals surface area contributed by atoms with E-state index in [1.807, 2.05) is 18.2 Å². The van der Waals surface area contributed by atoms with Gasteiger partial charge in [0.25, 0.3) is 0 Å². The van der Waals surface area contributed by atoms with E-state index >= 15 is 0 Å². The number of methoxy groups -OCH3 is 1. The summed E-state index contributed by atoms with van der Waals surface area (Å²) in [6, 6.07) is 24.8. The number of hydrogen-bond acceptors (Lipinski definition) is 6. The Morgan fingerprint density at radius 2 is 1.25 bits per heavy atom. The van der Waals surface area contributed by atoms with Gasteiger partial charge in [-0.15, -0.1) is 0 Å². The average Bonchev–Trinajstić information content (AvgIpc) is 2.82. The summed E-state index contributed by atoms with van der Waals surface area (Å²) in [5, 5.41) is 5.23. The van der Waals surface area contributed by atoms with Gasteiger partial charge < -0.3 is 18.9 Å². The van der Waals surface area contributed by atoms with E-state index in [1.54, 1.807) is 66.7 Å². The van der Waals surface area contributed by atoms with Gasteiger partial charge in [0.05, 0.1) is 7.11 Å². The highest BCUT2D eigenvalue weighted by Crippen LogP contribution is 2.26. The van der Waals surface area contributed by atoms with E-state index in [-0.39, 0.29) is 13.2 Å². The Kier molecular flexibility index (Phi) is 8.33. The Morgan fingerprint density at radius 3 is 1.84 bits per heavy atom. The number of benzene rings is 3. The predicted octanol–water partition coefficient (Wildman–Crippen LogP) is 4.94. The number of nitrogens with one attached hydrogen (secondary N) is 2. The van der Waals surface area contributed by atoms with Crippen molar-refractivity contribution in [3.8, 4) is 11.5 Å². The second-order valence-electron chi connectivity index (χ2n) is 6.57. The van der Waals surface area contributed by atoms with Gasteiger partial charge in [-0.2, -0.15) is 0 Å². The molecule has 2 N–H and O–H groups in total. The van der Waals surface area contributed by atoms with Crippen LogP contribution in [0.3, 0.4) is 0 Å². The largest absolute Gasteiger partial charge is 0.493 e. The number of amides is 2. The number of carbonyl (C=O) groups is 2. The Hall–Kier alpha value is -4.20. The van der Waals surface area contributed by atoms with Crippen LogP contribution in [-0.2, 0) is 9.47 Å². The minimum absolute atomic E-state index is 0.0544. The van der Waals surface area contributed by atoms with Crippen LogP contribution in [0.5, 0.6) is 11.5 Å². The average molecular weight is 436 g/mol. The minimum atomic E-state index is -0.870. The molecule has 0 heterocycles. The molecule has 166 valence electrons. The van der Waals surface area contributed by atoms with Gasteiger partial charge >= 0.3 is 12.2 Å². The zero-order chi connectivity index (χ0) is 22.6. The van der Waals surface area contributed by atoms with Gasteiger partial charge in [0.15, 0.2) is 17.6 Å². The van der Waals surface area contributed by atoms with Crippen molar-refractivity contribution in [2.24, 2.45) is 0 Å². The summed E-state index contributed by atoms with van der Waals surface area (Å²) < 4.78 is 21.7.